The number of nitrogens with zero attached hydrogens (tertiary/aromatic N) is 1. The Morgan fingerprint density at radius 2 is 1.00 bits per heavy atom. The second-order valence-electron chi connectivity index (χ2n) is 6.57. The summed E-state index contributed by atoms with van der Waals surface area (Å²) in [5, 5.41) is 2.46. The fraction of sp³-hybridized carbons (Fsp3) is 0. The lowest BCUT2D eigenvalue weighted by Gasteiger charge is -2.06. The van der Waals surface area contributed by atoms with Crippen LogP contribution in [0.2, 0.25) is 0 Å². The normalized spacial score (nSPS) is 11.2. The molecule has 0 atom stereocenters. The van der Waals surface area contributed by atoms with Crippen molar-refractivity contribution in [1.29, 1.82) is 0 Å². The summed E-state index contributed by atoms with van der Waals surface area (Å²) < 4.78 is 0. The molecule has 4 aromatic carbocycles. The highest BCUT2D eigenvalue weighted by molar-refractivity contribution is 5.99. The zero-order valence-electron chi connectivity index (χ0n) is 15.4. The summed E-state index contributed by atoms with van der Waals surface area (Å²) in [5.41, 5.74) is 5.33. The minimum absolute atomic E-state index is 0.664. The zero-order valence-corrected chi connectivity index (χ0v) is 15.4. The van der Waals surface area contributed by atoms with Crippen LogP contribution in [0.25, 0.3) is 39.9 Å². The number of hydrogen-bond acceptors (Lipinski definition) is 0. The first-order chi connectivity index (χ1) is 13.8. The Labute approximate surface area is 165 Å². The Bertz CT molecular complexity index is 1190. The fourth-order valence-corrected chi connectivity index (χ4v) is 3.23. The third kappa shape index (κ3) is 3.92. The smallest absolute Gasteiger partial charge is 0.187 e. The first-order valence-corrected chi connectivity index (χ1v) is 9.24. The first-order valence-electron chi connectivity index (χ1n) is 9.24. The Hall–Kier alpha value is -3.89. The van der Waals surface area contributed by atoms with Crippen molar-refractivity contribution >= 4 is 40.8 Å². The molecule has 0 bridgehead atoms. The van der Waals surface area contributed by atoms with Crippen LogP contribution in [0.4, 0.5) is 5.69 Å². The minimum Gasteiger partial charge on any atom is -0.238 e. The second kappa shape index (κ2) is 8.20. The van der Waals surface area contributed by atoms with Crippen LogP contribution in [0.3, 0.4) is 0 Å². The standard InChI is InChI=1S/C27H19N/c1-28-25-19-13-22(14-20-25)12-16-24-18-17-23(26-9-5-6-10-27(24)26)15-11-21-7-3-2-4-8-21/h2-20H. The Kier molecular flexibility index (Phi) is 5.13. The number of fused-ring (bicyclic) bond motifs is 1. The van der Waals surface area contributed by atoms with Gasteiger partial charge in [0.25, 0.3) is 0 Å². The van der Waals surface area contributed by atoms with Crippen molar-refractivity contribution in [3.05, 3.63) is 125 Å². The molecule has 0 saturated carbocycles. The van der Waals surface area contributed by atoms with Crippen LogP contribution in [0, 0.1) is 6.57 Å². The van der Waals surface area contributed by atoms with Gasteiger partial charge in [-0.3, -0.25) is 0 Å². The summed E-state index contributed by atoms with van der Waals surface area (Å²) >= 11 is 0. The van der Waals surface area contributed by atoms with E-state index in [1.165, 1.54) is 27.5 Å². The summed E-state index contributed by atoms with van der Waals surface area (Å²) in [7, 11) is 0. The van der Waals surface area contributed by atoms with E-state index < -0.39 is 0 Å². The number of rotatable bonds is 4. The van der Waals surface area contributed by atoms with Crippen LogP contribution < -0.4 is 0 Å². The van der Waals surface area contributed by atoms with E-state index in [9.17, 15) is 0 Å². The third-order valence-electron chi connectivity index (χ3n) is 4.72. The molecule has 0 saturated heterocycles. The van der Waals surface area contributed by atoms with Gasteiger partial charge in [0.05, 0.1) is 6.57 Å². The van der Waals surface area contributed by atoms with Gasteiger partial charge in [-0.15, -0.1) is 0 Å². The van der Waals surface area contributed by atoms with E-state index >= 15 is 0 Å². The lowest BCUT2D eigenvalue weighted by Crippen LogP contribution is -1.83. The van der Waals surface area contributed by atoms with E-state index in [-0.39, 0.29) is 0 Å². The summed E-state index contributed by atoms with van der Waals surface area (Å²) in [6.45, 7) is 7.05. The van der Waals surface area contributed by atoms with Crippen molar-refractivity contribution in [1.82, 2.24) is 0 Å². The largest absolute Gasteiger partial charge is 0.238 e. The molecule has 28 heavy (non-hydrogen) atoms. The van der Waals surface area contributed by atoms with Crippen molar-refractivity contribution in [2.45, 2.75) is 0 Å². The maximum Gasteiger partial charge on any atom is 0.187 e. The molecule has 4 aromatic rings. The van der Waals surface area contributed by atoms with Gasteiger partial charge in [0.1, 0.15) is 0 Å². The molecule has 0 unspecified atom stereocenters. The summed E-state index contributed by atoms with van der Waals surface area (Å²) in [6, 6.07) is 30.8. The van der Waals surface area contributed by atoms with Gasteiger partial charge < -0.3 is 0 Å². The van der Waals surface area contributed by atoms with E-state index in [0.29, 0.717) is 5.69 Å². The summed E-state index contributed by atoms with van der Waals surface area (Å²) in [5.74, 6) is 0. The molecule has 0 heterocycles. The van der Waals surface area contributed by atoms with Gasteiger partial charge in [0.15, 0.2) is 5.69 Å². The average Bonchev–Trinajstić information content (AvgIpc) is 2.77. The molecule has 4 rings (SSSR count). The van der Waals surface area contributed by atoms with Gasteiger partial charge in [0.2, 0.25) is 0 Å². The topological polar surface area (TPSA) is 4.36 Å². The van der Waals surface area contributed by atoms with Crippen LogP contribution in [-0.4, -0.2) is 0 Å². The quantitative estimate of drug-likeness (QED) is 0.260. The predicted octanol–water partition coefficient (Wildman–Crippen LogP) is 7.73. The summed E-state index contributed by atoms with van der Waals surface area (Å²) in [6.07, 6.45) is 8.55. The predicted molar refractivity (Wildman–Crippen MR) is 121 cm³/mol. The molecule has 0 fully saturated rings. The molecule has 0 aromatic heterocycles. The van der Waals surface area contributed by atoms with Crippen molar-refractivity contribution in [3.8, 4) is 0 Å². The van der Waals surface area contributed by atoms with E-state index in [0.717, 1.165) is 5.56 Å². The van der Waals surface area contributed by atoms with E-state index in [1.807, 2.05) is 30.3 Å². The lowest BCUT2D eigenvalue weighted by molar-refractivity contribution is 1.65. The van der Waals surface area contributed by atoms with Crippen molar-refractivity contribution in [3.63, 3.8) is 0 Å². The zero-order chi connectivity index (χ0) is 19.2. The Morgan fingerprint density at radius 1 is 0.500 bits per heavy atom. The Balaban J connectivity index is 1.68. The van der Waals surface area contributed by atoms with Crippen LogP contribution in [-0.2, 0) is 0 Å². The van der Waals surface area contributed by atoms with Crippen LogP contribution in [0.5, 0.6) is 0 Å². The number of hydrogen-bond donors (Lipinski definition) is 0. The van der Waals surface area contributed by atoms with Gasteiger partial charge in [-0.05, 0) is 33.0 Å². The lowest BCUT2D eigenvalue weighted by atomic mass is 9.98. The van der Waals surface area contributed by atoms with Gasteiger partial charge in [0, 0.05) is 0 Å². The first kappa shape index (κ1) is 17.5. The molecule has 0 spiro atoms. The molecule has 0 amide bonds. The van der Waals surface area contributed by atoms with E-state index in [4.69, 9.17) is 6.57 Å². The monoisotopic (exact) mass is 357 g/mol. The minimum atomic E-state index is 0.664. The van der Waals surface area contributed by atoms with E-state index in [1.54, 1.807) is 0 Å². The highest BCUT2D eigenvalue weighted by Crippen LogP contribution is 2.26. The molecular weight excluding hydrogens is 338 g/mol. The maximum atomic E-state index is 7.05. The van der Waals surface area contributed by atoms with Gasteiger partial charge in [-0.25, -0.2) is 4.85 Å². The van der Waals surface area contributed by atoms with Crippen molar-refractivity contribution < 1.29 is 0 Å². The highest BCUT2D eigenvalue weighted by atomic mass is 14.6. The molecule has 0 radical (unpaired) electrons. The maximum absolute atomic E-state index is 7.05. The molecule has 132 valence electrons. The summed E-state index contributed by atoms with van der Waals surface area (Å²) in [4.78, 5) is 3.44. The van der Waals surface area contributed by atoms with Gasteiger partial charge in [-0.1, -0.05) is 115 Å². The molecule has 1 heteroatoms. The van der Waals surface area contributed by atoms with Crippen LogP contribution >= 0.6 is 0 Å². The van der Waals surface area contributed by atoms with E-state index in [2.05, 4.69) is 89.8 Å². The molecule has 0 aliphatic rings. The number of benzene rings is 4. The second-order valence-corrected chi connectivity index (χ2v) is 6.57. The third-order valence-corrected chi connectivity index (χ3v) is 4.72. The molecular formula is C27H19N. The van der Waals surface area contributed by atoms with Gasteiger partial charge in [-0.2, -0.15) is 0 Å². The average molecular weight is 357 g/mol. The highest BCUT2D eigenvalue weighted by Gasteiger charge is 2.02. The SMILES string of the molecule is [C-]#[N+]c1ccc(C=Cc2ccc(C=Cc3ccccc3)c3ccccc23)cc1. The van der Waals surface area contributed by atoms with Crippen LogP contribution in [0.15, 0.2) is 91.0 Å². The fourth-order valence-electron chi connectivity index (χ4n) is 3.23. The van der Waals surface area contributed by atoms with Crippen molar-refractivity contribution in [2.75, 3.05) is 0 Å². The van der Waals surface area contributed by atoms with Crippen molar-refractivity contribution in [2.24, 2.45) is 0 Å². The van der Waals surface area contributed by atoms with Crippen LogP contribution in [0.1, 0.15) is 22.3 Å². The molecule has 0 N–H and O–H groups in total. The molecule has 0 aliphatic heterocycles. The molecule has 0 aliphatic carbocycles. The van der Waals surface area contributed by atoms with Gasteiger partial charge >= 0.3 is 0 Å². The molecule has 1 nitrogen and oxygen atoms in total. The Morgan fingerprint density at radius 3 is 1.54 bits per heavy atom.